The van der Waals surface area contributed by atoms with E-state index >= 15 is 0 Å². The highest BCUT2D eigenvalue weighted by Gasteiger charge is 2.21. The second-order valence-electron chi connectivity index (χ2n) is 8.99. The van der Waals surface area contributed by atoms with Gasteiger partial charge in [-0.05, 0) is 69.7 Å². The van der Waals surface area contributed by atoms with Crippen molar-refractivity contribution in [1.82, 2.24) is 9.97 Å². The summed E-state index contributed by atoms with van der Waals surface area (Å²) in [5, 5.41) is 17.2. The zero-order chi connectivity index (χ0) is 29.0. The number of carbonyl (C=O) groups is 1. The van der Waals surface area contributed by atoms with E-state index in [1.54, 1.807) is 47.1 Å². The number of hydrogen-bond acceptors (Lipinski definition) is 8. The van der Waals surface area contributed by atoms with E-state index < -0.39 is 5.54 Å². The molecule has 208 valence electrons. The molecule has 0 spiro atoms. The minimum atomic E-state index is -0.844. The summed E-state index contributed by atoms with van der Waals surface area (Å²) >= 11 is 6.23. The van der Waals surface area contributed by atoms with E-state index in [0.717, 1.165) is 22.3 Å². The lowest BCUT2D eigenvalue weighted by molar-refractivity contribution is -0.120. The molecule has 0 aliphatic heterocycles. The van der Waals surface area contributed by atoms with Crippen molar-refractivity contribution in [1.29, 1.82) is 0 Å². The summed E-state index contributed by atoms with van der Waals surface area (Å²) in [7, 11) is 3.42. The number of anilines is 4. The van der Waals surface area contributed by atoms with Gasteiger partial charge in [0.2, 0.25) is 5.91 Å². The Bertz CT molecular complexity index is 1370. The summed E-state index contributed by atoms with van der Waals surface area (Å²) in [6.07, 6.45) is 0. The standard InChI is InChI=1S/C16H15ClN4O.C11H16N2O.C2H6O/c1-18-15-16(20-13-6-4-3-5-12(13)19-15)21-14-9-10(22-2)7-8-11(14)17;1-8-5-4-6-9(7-8)13-10(14)11(2,3)12;1-2-3/h3-9H,1-2H3,(H,18,19)(H,20,21);4-7H,12H2,1-3H3,(H,13,14);3H,2H2,1H3. The fourth-order valence-corrected chi connectivity index (χ4v) is 3.30. The first-order chi connectivity index (χ1) is 18.5. The van der Waals surface area contributed by atoms with Crippen LogP contribution >= 0.6 is 11.6 Å². The number of carbonyl (C=O) groups excluding carboxylic acids is 1. The van der Waals surface area contributed by atoms with Crippen LogP contribution in [0.25, 0.3) is 11.0 Å². The average Bonchev–Trinajstić information content (AvgIpc) is 2.90. The van der Waals surface area contributed by atoms with Crippen molar-refractivity contribution in [3.05, 3.63) is 77.3 Å². The molecule has 0 aliphatic carbocycles. The molecular formula is C29H37ClN6O3. The third kappa shape index (κ3) is 9.72. The van der Waals surface area contributed by atoms with Gasteiger partial charge in [0.1, 0.15) is 5.75 Å². The maximum Gasteiger partial charge on any atom is 0.243 e. The van der Waals surface area contributed by atoms with Crippen LogP contribution in [-0.2, 0) is 4.79 Å². The highest BCUT2D eigenvalue weighted by Crippen LogP contribution is 2.31. The molecule has 9 nitrogen and oxygen atoms in total. The number of hydrogen-bond donors (Lipinski definition) is 5. The van der Waals surface area contributed by atoms with Crippen LogP contribution in [0.1, 0.15) is 26.3 Å². The summed E-state index contributed by atoms with van der Waals surface area (Å²) in [6, 6.07) is 20.7. The highest BCUT2D eigenvalue weighted by atomic mass is 35.5. The topological polar surface area (TPSA) is 134 Å². The first-order valence-electron chi connectivity index (χ1n) is 12.3. The van der Waals surface area contributed by atoms with Gasteiger partial charge in [0.15, 0.2) is 11.6 Å². The Labute approximate surface area is 234 Å². The summed E-state index contributed by atoms with van der Waals surface area (Å²) in [6.45, 7) is 7.26. The predicted molar refractivity (Wildman–Crippen MR) is 161 cm³/mol. The molecule has 1 aromatic heterocycles. The second-order valence-corrected chi connectivity index (χ2v) is 9.40. The zero-order valence-electron chi connectivity index (χ0n) is 23.2. The van der Waals surface area contributed by atoms with Crippen LogP contribution in [-0.4, -0.2) is 47.3 Å². The fourth-order valence-electron chi connectivity index (χ4n) is 3.13. The summed E-state index contributed by atoms with van der Waals surface area (Å²) in [5.41, 5.74) is 9.05. The van der Waals surface area contributed by atoms with E-state index in [1.165, 1.54) is 0 Å². The number of amides is 1. The molecule has 0 saturated heterocycles. The zero-order valence-corrected chi connectivity index (χ0v) is 23.9. The third-order valence-electron chi connectivity index (χ3n) is 5.10. The number of aryl methyl sites for hydroxylation is 1. The molecule has 0 radical (unpaired) electrons. The van der Waals surface area contributed by atoms with Crippen LogP contribution in [0.5, 0.6) is 5.75 Å². The Morgan fingerprint density at radius 3 is 2.18 bits per heavy atom. The number of nitrogens with one attached hydrogen (secondary N) is 3. The van der Waals surface area contributed by atoms with Crippen molar-refractivity contribution in [2.24, 2.45) is 5.73 Å². The molecular weight excluding hydrogens is 516 g/mol. The van der Waals surface area contributed by atoms with Crippen LogP contribution in [0.2, 0.25) is 5.02 Å². The number of aliphatic hydroxyl groups is 1. The van der Waals surface area contributed by atoms with Crippen LogP contribution < -0.4 is 26.4 Å². The van der Waals surface area contributed by atoms with Gasteiger partial charge in [-0.2, -0.15) is 0 Å². The normalized spacial score (nSPS) is 10.4. The van der Waals surface area contributed by atoms with Crippen molar-refractivity contribution in [2.45, 2.75) is 33.2 Å². The molecule has 0 aliphatic rings. The lowest BCUT2D eigenvalue weighted by atomic mass is 10.1. The number of fused-ring (bicyclic) bond motifs is 1. The van der Waals surface area contributed by atoms with Gasteiger partial charge in [-0.3, -0.25) is 4.79 Å². The largest absolute Gasteiger partial charge is 0.497 e. The monoisotopic (exact) mass is 552 g/mol. The summed E-state index contributed by atoms with van der Waals surface area (Å²) < 4.78 is 5.22. The van der Waals surface area contributed by atoms with Crippen molar-refractivity contribution < 1.29 is 14.6 Å². The third-order valence-corrected chi connectivity index (χ3v) is 5.42. The number of benzene rings is 3. The minimum Gasteiger partial charge on any atom is -0.497 e. The van der Waals surface area contributed by atoms with Gasteiger partial charge in [0.05, 0.1) is 34.4 Å². The number of halogens is 1. The van der Waals surface area contributed by atoms with E-state index in [0.29, 0.717) is 28.1 Å². The van der Waals surface area contributed by atoms with E-state index in [2.05, 4.69) is 25.9 Å². The minimum absolute atomic E-state index is 0.178. The molecule has 10 heteroatoms. The van der Waals surface area contributed by atoms with E-state index in [9.17, 15) is 4.79 Å². The van der Waals surface area contributed by atoms with Gasteiger partial charge in [-0.15, -0.1) is 0 Å². The van der Waals surface area contributed by atoms with Crippen LogP contribution in [0, 0.1) is 6.92 Å². The van der Waals surface area contributed by atoms with E-state index in [-0.39, 0.29) is 12.5 Å². The first-order valence-corrected chi connectivity index (χ1v) is 12.7. The molecule has 3 aromatic carbocycles. The quantitative estimate of drug-likeness (QED) is 0.204. The highest BCUT2D eigenvalue weighted by molar-refractivity contribution is 6.33. The number of aromatic nitrogens is 2. The molecule has 4 rings (SSSR count). The van der Waals surface area contributed by atoms with Crippen molar-refractivity contribution >= 4 is 51.6 Å². The fraction of sp³-hybridized carbons (Fsp3) is 0.276. The molecule has 39 heavy (non-hydrogen) atoms. The van der Waals surface area contributed by atoms with Gasteiger partial charge in [-0.25, -0.2) is 9.97 Å². The second kappa shape index (κ2) is 14.9. The van der Waals surface area contributed by atoms with Crippen LogP contribution in [0.3, 0.4) is 0 Å². The lowest BCUT2D eigenvalue weighted by Gasteiger charge is -2.17. The Morgan fingerprint density at radius 2 is 1.64 bits per heavy atom. The number of para-hydroxylation sites is 2. The van der Waals surface area contributed by atoms with Gasteiger partial charge >= 0.3 is 0 Å². The number of nitrogens with zero attached hydrogens (tertiary/aromatic N) is 2. The number of methoxy groups -OCH3 is 1. The maximum absolute atomic E-state index is 11.5. The van der Waals surface area contributed by atoms with E-state index in [4.69, 9.17) is 27.2 Å². The number of aliphatic hydroxyl groups excluding tert-OH is 1. The average molecular weight is 553 g/mol. The van der Waals surface area contributed by atoms with Crippen LogP contribution in [0.15, 0.2) is 66.7 Å². The Balaban J connectivity index is 0.000000270. The van der Waals surface area contributed by atoms with Crippen LogP contribution in [0.4, 0.5) is 23.0 Å². The number of rotatable bonds is 6. The summed E-state index contributed by atoms with van der Waals surface area (Å²) in [5.74, 6) is 1.80. The molecule has 0 fully saturated rings. The Kier molecular flexibility index (Phi) is 11.9. The van der Waals surface area contributed by atoms with Gasteiger partial charge in [0.25, 0.3) is 0 Å². The van der Waals surface area contributed by atoms with Gasteiger partial charge in [-0.1, -0.05) is 35.9 Å². The smallest absolute Gasteiger partial charge is 0.243 e. The van der Waals surface area contributed by atoms with E-state index in [1.807, 2.05) is 61.5 Å². The lowest BCUT2D eigenvalue weighted by Crippen LogP contribution is -2.45. The van der Waals surface area contributed by atoms with Gasteiger partial charge < -0.3 is 31.5 Å². The molecule has 6 N–H and O–H groups in total. The predicted octanol–water partition coefficient (Wildman–Crippen LogP) is 5.75. The molecule has 0 bridgehead atoms. The maximum atomic E-state index is 11.5. The SMILES string of the molecule is CCO.CNc1nc2ccccc2nc1Nc1cc(OC)ccc1Cl.Cc1cccc(NC(=O)C(C)(C)N)c1. The Hall–Kier alpha value is -3.92. The first kappa shape index (κ1) is 31.3. The van der Waals surface area contributed by atoms with Crippen molar-refractivity contribution in [2.75, 3.05) is 36.7 Å². The van der Waals surface area contributed by atoms with Crippen molar-refractivity contribution in [3.8, 4) is 5.75 Å². The molecule has 1 heterocycles. The number of nitrogens with two attached hydrogens (primary N) is 1. The molecule has 4 aromatic rings. The van der Waals surface area contributed by atoms with Gasteiger partial charge in [0, 0.05) is 25.4 Å². The molecule has 0 atom stereocenters. The van der Waals surface area contributed by atoms with Crippen molar-refractivity contribution in [3.63, 3.8) is 0 Å². The molecule has 0 unspecified atom stereocenters. The Morgan fingerprint density at radius 1 is 1.03 bits per heavy atom. The molecule has 1 amide bonds. The number of ether oxygens (including phenoxy) is 1. The molecule has 0 saturated carbocycles. The summed E-state index contributed by atoms with van der Waals surface area (Å²) in [4.78, 5) is 20.7.